The van der Waals surface area contributed by atoms with Gasteiger partial charge in [0, 0.05) is 5.92 Å². The van der Waals surface area contributed by atoms with E-state index in [1.807, 2.05) is 6.08 Å². The normalized spacial score (nSPS) is 40.5. The molecule has 0 aromatic heterocycles. The van der Waals surface area contributed by atoms with Gasteiger partial charge in [0.25, 0.3) is 0 Å². The average molecular weight is 575 g/mol. The van der Waals surface area contributed by atoms with E-state index in [1.165, 1.54) is 0 Å². The zero-order valence-electron chi connectivity index (χ0n) is 22.7. The zero-order valence-corrected chi connectivity index (χ0v) is 24.4. The van der Waals surface area contributed by atoms with Crippen molar-refractivity contribution in [3.63, 3.8) is 0 Å². The summed E-state index contributed by atoms with van der Waals surface area (Å²) >= 11 is 0. The topological polar surface area (TPSA) is 153 Å². The Labute approximate surface area is 228 Å². The lowest BCUT2D eigenvalue weighted by Crippen LogP contribution is -2.54. The molecule has 4 aliphatic rings. The Balaban J connectivity index is 1.57. The molecule has 9 nitrogen and oxygen atoms in total. The fourth-order valence-electron chi connectivity index (χ4n) is 8.70. The van der Waals surface area contributed by atoms with E-state index in [2.05, 4.69) is 44.0 Å². The van der Waals surface area contributed by atoms with Crippen LogP contribution in [-0.2, 0) is 29.2 Å². The van der Waals surface area contributed by atoms with Crippen LogP contribution in [0.15, 0.2) is 23.8 Å². The average Bonchev–Trinajstić information content (AvgIpc) is 3.14. The Morgan fingerprint density at radius 3 is 2.39 bits per heavy atom. The van der Waals surface area contributed by atoms with Gasteiger partial charge in [0.15, 0.2) is 0 Å². The number of fused-ring (bicyclic) bond motifs is 5. The first-order chi connectivity index (χ1) is 17.6. The molecule has 4 unspecified atom stereocenters. The van der Waals surface area contributed by atoms with E-state index in [9.17, 15) is 31.0 Å². The summed E-state index contributed by atoms with van der Waals surface area (Å²) in [5, 5.41) is 11.0. The molecule has 0 amide bonds. The van der Waals surface area contributed by atoms with Gasteiger partial charge in [-0.3, -0.25) is 8.37 Å². The fourth-order valence-corrected chi connectivity index (χ4v) is 9.52. The van der Waals surface area contributed by atoms with Crippen LogP contribution < -0.4 is 0 Å². The number of hydrogen-bond donors (Lipinski definition) is 1. The van der Waals surface area contributed by atoms with E-state index in [4.69, 9.17) is 4.18 Å². The van der Waals surface area contributed by atoms with E-state index in [0.717, 1.165) is 44.1 Å². The van der Waals surface area contributed by atoms with E-state index in [-0.39, 0.29) is 29.3 Å². The van der Waals surface area contributed by atoms with E-state index in [0.29, 0.717) is 36.5 Å². The third kappa shape index (κ3) is 6.09. The molecule has 3 fully saturated rings. The summed E-state index contributed by atoms with van der Waals surface area (Å²) in [6.45, 7) is 8.56. The maximum absolute atomic E-state index is 11.3. The molecule has 4 rings (SSSR count). The highest BCUT2D eigenvalue weighted by molar-refractivity contribution is 7.81. The van der Waals surface area contributed by atoms with Crippen molar-refractivity contribution in [2.45, 2.75) is 91.3 Å². The summed E-state index contributed by atoms with van der Waals surface area (Å²) in [5.41, 5.74) is 0.451. The summed E-state index contributed by atoms with van der Waals surface area (Å²) in [4.78, 5) is 0. The quantitative estimate of drug-likeness (QED) is 0.244. The van der Waals surface area contributed by atoms with Crippen LogP contribution in [0, 0.1) is 46.3 Å². The van der Waals surface area contributed by atoms with Crippen LogP contribution in [0.1, 0.15) is 79.1 Å². The highest BCUT2D eigenvalue weighted by Gasteiger charge is 2.60. The predicted molar refractivity (Wildman–Crippen MR) is 139 cm³/mol. The van der Waals surface area contributed by atoms with Crippen molar-refractivity contribution in [2.75, 3.05) is 6.61 Å². The predicted octanol–water partition coefficient (Wildman–Crippen LogP) is 4.08. The molecule has 0 aliphatic heterocycles. The van der Waals surface area contributed by atoms with Crippen LogP contribution in [-0.4, -0.2) is 49.9 Å². The number of aliphatic hydroxyl groups is 1. The molecule has 0 aromatic rings. The van der Waals surface area contributed by atoms with Gasteiger partial charge < -0.3 is 14.2 Å². The van der Waals surface area contributed by atoms with Gasteiger partial charge in [-0.05, 0) is 97.4 Å². The third-order valence-electron chi connectivity index (χ3n) is 10.4. The number of allylic oxidation sites excluding steroid dienone is 2. The molecule has 0 radical (unpaired) electrons. The second kappa shape index (κ2) is 10.9. The van der Waals surface area contributed by atoms with Crippen molar-refractivity contribution < 1.29 is 39.4 Å². The van der Waals surface area contributed by atoms with Gasteiger partial charge in [-0.15, -0.1) is 0 Å². The molecule has 0 spiro atoms. The molecule has 0 aromatic carbocycles. The van der Waals surface area contributed by atoms with Crippen molar-refractivity contribution in [2.24, 2.45) is 46.3 Å². The number of rotatable bonds is 9. The van der Waals surface area contributed by atoms with Crippen LogP contribution in [0.4, 0.5) is 0 Å². The Morgan fingerprint density at radius 2 is 1.76 bits per heavy atom. The van der Waals surface area contributed by atoms with Gasteiger partial charge in [0.2, 0.25) is 20.8 Å². The van der Waals surface area contributed by atoms with Crippen LogP contribution in [0.3, 0.4) is 0 Å². The Kier molecular flexibility index (Phi) is 8.62. The van der Waals surface area contributed by atoms with E-state index < -0.39 is 33.0 Å². The minimum Gasteiger partial charge on any atom is -0.726 e. The second-order valence-electron chi connectivity index (χ2n) is 12.9. The molecule has 0 heterocycles. The first-order valence-corrected chi connectivity index (χ1v) is 16.5. The molecule has 3 saturated carbocycles. The lowest BCUT2D eigenvalue weighted by atomic mass is 9.46. The minimum absolute atomic E-state index is 0.0404. The summed E-state index contributed by atoms with van der Waals surface area (Å²) in [6.07, 6.45) is 10.4. The smallest absolute Gasteiger partial charge is 0.218 e. The highest BCUT2D eigenvalue weighted by atomic mass is 32.3. The van der Waals surface area contributed by atoms with Crippen molar-refractivity contribution in [1.82, 2.24) is 0 Å². The molecule has 38 heavy (non-hydrogen) atoms. The molecule has 0 saturated heterocycles. The zero-order chi connectivity index (χ0) is 28.1. The van der Waals surface area contributed by atoms with Crippen LogP contribution in [0.5, 0.6) is 0 Å². The van der Waals surface area contributed by atoms with Gasteiger partial charge in [0.05, 0.1) is 6.61 Å². The van der Waals surface area contributed by atoms with Gasteiger partial charge >= 0.3 is 0 Å². The molecular formula is C27H42O9S2-2. The molecule has 218 valence electrons. The Morgan fingerprint density at radius 1 is 1.05 bits per heavy atom. The van der Waals surface area contributed by atoms with E-state index >= 15 is 0 Å². The Hall–Kier alpha value is -0.820. The minimum atomic E-state index is -4.91. The van der Waals surface area contributed by atoms with Crippen LogP contribution in [0.25, 0.3) is 0 Å². The third-order valence-corrected chi connectivity index (χ3v) is 11.3. The van der Waals surface area contributed by atoms with Crippen molar-refractivity contribution in [3.8, 4) is 0 Å². The molecule has 4 aliphatic carbocycles. The molecular weight excluding hydrogens is 532 g/mol. The van der Waals surface area contributed by atoms with Gasteiger partial charge in [0.1, 0.15) is 12.2 Å². The van der Waals surface area contributed by atoms with Gasteiger partial charge in [-0.25, -0.2) is 16.8 Å². The van der Waals surface area contributed by atoms with Gasteiger partial charge in [-0.1, -0.05) is 45.9 Å². The van der Waals surface area contributed by atoms with Crippen molar-refractivity contribution in [3.05, 3.63) is 23.8 Å². The molecule has 11 heteroatoms. The summed E-state index contributed by atoms with van der Waals surface area (Å²) in [6, 6.07) is 0. The lowest BCUT2D eigenvalue weighted by Gasteiger charge is -2.59. The Bertz CT molecular complexity index is 1150. The first kappa shape index (κ1) is 30.1. The highest BCUT2D eigenvalue weighted by Crippen LogP contribution is 2.67. The fraction of sp³-hybridized carbons (Fsp3) is 0.852. The largest absolute Gasteiger partial charge is 0.726 e. The van der Waals surface area contributed by atoms with Crippen LogP contribution in [0.2, 0.25) is 0 Å². The van der Waals surface area contributed by atoms with E-state index in [1.54, 1.807) is 0 Å². The molecule has 0 bridgehead atoms. The standard InChI is InChI=1S/C27H44O9S2/c1-17(2)6-5-7-18(16-35-37(29,30)31)20-10-11-21-19-8-9-23-25(28)24(36-38(32,33)34)13-15-27(23,4)22(19)12-14-26(20,21)3/h5,7,9,17-22,24-25,28H,6,8,10-16H2,1-4H3,(H,29,30,31)(H,32,33,34)/p-2/b7-5+/t18?,19?,20-,21?,22?,24-,25-,26-,27-/m1/s1. The number of hydrogen-bond acceptors (Lipinski definition) is 9. The number of aliphatic hydroxyl groups excluding tert-OH is 1. The molecule has 1 N–H and O–H groups in total. The summed E-state index contributed by atoms with van der Waals surface area (Å²) < 4.78 is 76.9. The maximum Gasteiger partial charge on any atom is 0.218 e. The van der Waals surface area contributed by atoms with Crippen molar-refractivity contribution >= 4 is 20.8 Å². The lowest BCUT2D eigenvalue weighted by molar-refractivity contribution is -0.0762. The summed E-state index contributed by atoms with van der Waals surface area (Å²) in [7, 11) is -9.69. The van der Waals surface area contributed by atoms with Crippen LogP contribution >= 0.6 is 0 Å². The first-order valence-electron chi connectivity index (χ1n) is 13.8. The van der Waals surface area contributed by atoms with Gasteiger partial charge in [-0.2, -0.15) is 0 Å². The second-order valence-corrected chi connectivity index (χ2v) is 14.9. The summed E-state index contributed by atoms with van der Waals surface area (Å²) in [5.74, 6) is 1.58. The monoisotopic (exact) mass is 574 g/mol. The SMILES string of the molecule is CC(C)C/C=C/C(COS(=O)(=O)[O-])[C@H]1CCC2C3CC=C4[C@@H](O)[C@H](OS(=O)(=O)[O-])CC[C@]4(C)C3CC[C@@]21C. The maximum atomic E-state index is 11.3. The molecule has 9 atom stereocenters. The van der Waals surface area contributed by atoms with Crippen molar-refractivity contribution in [1.29, 1.82) is 0 Å².